The van der Waals surface area contributed by atoms with Gasteiger partial charge in [-0.1, -0.05) is 112 Å². The van der Waals surface area contributed by atoms with E-state index in [1.54, 1.807) is 0 Å². The molecule has 3 aromatic rings. The molecule has 4 heteroatoms. The summed E-state index contributed by atoms with van der Waals surface area (Å²) in [7, 11) is -2.50. The van der Waals surface area contributed by atoms with E-state index in [0.717, 1.165) is 11.5 Å². The molecule has 0 bridgehead atoms. The minimum Gasteiger partial charge on any atom is -0.406 e. The van der Waals surface area contributed by atoms with Crippen LogP contribution >= 0.6 is 11.8 Å². The Balaban J connectivity index is 1.77. The van der Waals surface area contributed by atoms with Crippen LogP contribution in [0.4, 0.5) is 0 Å². The van der Waals surface area contributed by atoms with E-state index in [-0.39, 0.29) is 11.1 Å². The van der Waals surface area contributed by atoms with E-state index >= 15 is 0 Å². The van der Waals surface area contributed by atoms with Crippen LogP contribution in [-0.2, 0) is 10.2 Å². The molecule has 0 aliphatic heterocycles. The van der Waals surface area contributed by atoms with Crippen molar-refractivity contribution in [1.82, 2.24) is 0 Å². The third-order valence-corrected chi connectivity index (χ3v) is 11.6. The van der Waals surface area contributed by atoms with Gasteiger partial charge in [-0.15, -0.1) is 0 Å². The summed E-state index contributed by atoms with van der Waals surface area (Å²) in [6.07, 6.45) is 0. The maximum absolute atomic E-state index is 6.93. The second kappa shape index (κ2) is 10.4. The maximum atomic E-state index is 6.93. The molecular weight excluding hydrogens is 402 g/mol. The molecule has 0 aromatic heterocycles. The van der Waals surface area contributed by atoms with Crippen molar-refractivity contribution in [3.63, 3.8) is 0 Å². The highest BCUT2D eigenvalue weighted by Gasteiger charge is 2.50. The van der Waals surface area contributed by atoms with Crippen LogP contribution < -0.4 is 16.1 Å². The highest BCUT2D eigenvalue weighted by Crippen LogP contribution is 2.36. The highest BCUT2D eigenvalue weighted by atomic mass is 32.2. The van der Waals surface area contributed by atoms with Gasteiger partial charge in [0.05, 0.1) is 6.61 Å². The summed E-state index contributed by atoms with van der Waals surface area (Å²) in [6.45, 7) is 7.47. The fraction of sp³-hybridized carbons (Fsp3) is 0.308. The van der Waals surface area contributed by atoms with Gasteiger partial charge in [0, 0.05) is 17.5 Å². The zero-order valence-corrected chi connectivity index (χ0v) is 20.1. The van der Waals surface area contributed by atoms with Crippen molar-refractivity contribution in [2.45, 2.75) is 37.6 Å². The van der Waals surface area contributed by atoms with Crippen LogP contribution in [0, 0.1) is 0 Å². The first-order valence-electron chi connectivity index (χ1n) is 10.6. The molecule has 0 saturated carbocycles. The van der Waals surface area contributed by atoms with Gasteiger partial charge in [-0.05, 0) is 21.0 Å². The van der Waals surface area contributed by atoms with Crippen LogP contribution in [0.2, 0.25) is 5.04 Å². The molecule has 3 aromatic carbocycles. The molecule has 0 heterocycles. The molecule has 3 rings (SSSR count). The van der Waals surface area contributed by atoms with Gasteiger partial charge in [-0.2, -0.15) is 11.8 Å². The predicted molar refractivity (Wildman–Crippen MR) is 134 cm³/mol. The van der Waals surface area contributed by atoms with Crippen molar-refractivity contribution in [3.05, 3.63) is 96.6 Å². The molecule has 0 amide bonds. The summed E-state index contributed by atoms with van der Waals surface area (Å²) in [5.74, 6) is 1.86. The highest BCUT2D eigenvalue weighted by molar-refractivity contribution is 7.98. The lowest BCUT2D eigenvalue weighted by Gasteiger charge is -2.43. The minimum absolute atomic E-state index is 0.000335. The molecule has 1 unspecified atom stereocenters. The van der Waals surface area contributed by atoms with E-state index in [2.05, 4.69) is 112 Å². The van der Waals surface area contributed by atoms with Gasteiger partial charge >= 0.3 is 0 Å². The van der Waals surface area contributed by atoms with Crippen LogP contribution in [0.25, 0.3) is 0 Å². The van der Waals surface area contributed by atoms with E-state index in [0.29, 0.717) is 6.61 Å². The lowest BCUT2D eigenvalue weighted by molar-refractivity contribution is 0.280. The minimum atomic E-state index is -2.50. The molecule has 0 aliphatic carbocycles. The van der Waals surface area contributed by atoms with Gasteiger partial charge in [0.2, 0.25) is 0 Å². The molecule has 158 valence electrons. The SMILES string of the molecule is CC(C)(C)[Si](OCC(N)CSCc1ccccc1)(c1ccccc1)c1ccccc1. The van der Waals surface area contributed by atoms with E-state index in [4.69, 9.17) is 10.2 Å². The van der Waals surface area contributed by atoms with Crippen molar-refractivity contribution >= 4 is 30.5 Å². The molecule has 30 heavy (non-hydrogen) atoms. The van der Waals surface area contributed by atoms with Crippen LogP contribution in [0.15, 0.2) is 91.0 Å². The smallest absolute Gasteiger partial charge is 0.261 e. The summed E-state index contributed by atoms with van der Waals surface area (Å²) in [5.41, 5.74) is 7.86. The van der Waals surface area contributed by atoms with Crippen molar-refractivity contribution in [2.24, 2.45) is 5.73 Å². The number of hydrogen-bond donors (Lipinski definition) is 1. The van der Waals surface area contributed by atoms with Crippen LogP contribution in [0.3, 0.4) is 0 Å². The van der Waals surface area contributed by atoms with E-state index in [1.807, 2.05) is 11.8 Å². The molecule has 0 radical (unpaired) electrons. The summed E-state index contributed by atoms with van der Waals surface area (Å²) in [6, 6.07) is 32.0. The quantitative estimate of drug-likeness (QED) is 0.489. The first kappa shape index (κ1) is 22.8. The molecule has 0 fully saturated rings. The van der Waals surface area contributed by atoms with Gasteiger partial charge < -0.3 is 10.2 Å². The summed E-state index contributed by atoms with van der Waals surface area (Å²) in [5, 5.41) is 2.58. The van der Waals surface area contributed by atoms with E-state index in [9.17, 15) is 0 Å². The zero-order chi connectivity index (χ0) is 21.5. The van der Waals surface area contributed by atoms with E-state index in [1.165, 1.54) is 15.9 Å². The summed E-state index contributed by atoms with van der Waals surface area (Å²) in [4.78, 5) is 0. The van der Waals surface area contributed by atoms with Crippen molar-refractivity contribution in [1.29, 1.82) is 0 Å². The van der Waals surface area contributed by atoms with Crippen LogP contribution in [0.1, 0.15) is 26.3 Å². The molecule has 2 nitrogen and oxygen atoms in total. The van der Waals surface area contributed by atoms with Gasteiger partial charge in [-0.25, -0.2) is 0 Å². The van der Waals surface area contributed by atoms with Gasteiger partial charge in [-0.3, -0.25) is 0 Å². The fourth-order valence-corrected chi connectivity index (χ4v) is 9.51. The Bertz CT molecular complexity index is 842. The topological polar surface area (TPSA) is 35.2 Å². The van der Waals surface area contributed by atoms with Gasteiger partial charge in [0.25, 0.3) is 8.32 Å². The van der Waals surface area contributed by atoms with Crippen molar-refractivity contribution in [2.75, 3.05) is 12.4 Å². The second-order valence-electron chi connectivity index (χ2n) is 8.74. The Labute approximate surface area is 187 Å². The lowest BCUT2D eigenvalue weighted by Crippen LogP contribution is -2.67. The first-order chi connectivity index (χ1) is 14.4. The normalized spacial score (nSPS) is 13.2. The number of nitrogens with two attached hydrogens (primary N) is 1. The fourth-order valence-electron chi connectivity index (χ4n) is 3.94. The number of hydrogen-bond acceptors (Lipinski definition) is 3. The van der Waals surface area contributed by atoms with Gasteiger partial charge in [0.15, 0.2) is 0 Å². The van der Waals surface area contributed by atoms with Crippen LogP contribution in [0.5, 0.6) is 0 Å². The average Bonchev–Trinajstić information content (AvgIpc) is 2.75. The average molecular weight is 436 g/mol. The molecule has 0 aliphatic rings. The second-order valence-corrected chi connectivity index (χ2v) is 14.1. The zero-order valence-electron chi connectivity index (χ0n) is 18.3. The van der Waals surface area contributed by atoms with Gasteiger partial charge in [0.1, 0.15) is 0 Å². The Morgan fingerprint density at radius 3 is 1.73 bits per heavy atom. The van der Waals surface area contributed by atoms with Crippen LogP contribution in [-0.4, -0.2) is 26.7 Å². The number of thioether (sulfide) groups is 1. The number of benzene rings is 3. The third-order valence-electron chi connectivity index (χ3n) is 5.37. The molecule has 2 N–H and O–H groups in total. The standard InChI is InChI=1S/C26H33NOSSi/c1-26(2,3)30(24-15-9-5-10-16-24,25-17-11-6-12-18-25)28-19-23(27)21-29-20-22-13-7-4-8-14-22/h4-18,23H,19-21,27H2,1-3H3. The molecule has 0 spiro atoms. The summed E-state index contributed by atoms with van der Waals surface area (Å²) >= 11 is 1.87. The Morgan fingerprint density at radius 1 is 0.800 bits per heavy atom. The third kappa shape index (κ3) is 5.44. The van der Waals surface area contributed by atoms with Crippen molar-refractivity contribution < 1.29 is 4.43 Å². The Hall–Kier alpha value is -1.85. The Kier molecular flexibility index (Phi) is 7.95. The monoisotopic (exact) mass is 435 g/mol. The summed E-state index contributed by atoms with van der Waals surface area (Å²) < 4.78 is 6.93. The lowest BCUT2D eigenvalue weighted by atomic mass is 10.2. The molecule has 0 saturated heterocycles. The molecular formula is C26H33NOSSi. The largest absolute Gasteiger partial charge is 0.406 e. The van der Waals surface area contributed by atoms with E-state index < -0.39 is 8.32 Å². The number of rotatable bonds is 9. The van der Waals surface area contributed by atoms with Crippen molar-refractivity contribution in [3.8, 4) is 0 Å². The molecule has 1 atom stereocenters. The predicted octanol–water partition coefficient (Wildman–Crippen LogP) is 4.82. The Morgan fingerprint density at radius 2 is 1.27 bits per heavy atom. The maximum Gasteiger partial charge on any atom is 0.261 e. The first-order valence-corrected chi connectivity index (χ1v) is 13.6.